The summed E-state index contributed by atoms with van der Waals surface area (Å²) in [6.07, 6.45) is -1.20. The molecule has 0 heterocycles. The highest BCUT2D eigenvalue weighted by Gasteiger charge is 2.09. The number of hydrogen-bond donors (Lipinski definition) is 4. The third-order valence-corrected chi connectivity index (χ3v) is 2.24. The molecule has 0 aliphatic rings. The Labute approximate surface area is 99.0 Å². The Hall–Kier alpha value is -1.79. The van der Waals surface area contributed by atoms with Crippen molar-refractivity contribution in [1.29, 1.82) is 0 Å². The van der Waals surface area contributed by atoms with Gasteiger partial charge >= 0.3 is 0 Å². The molecule has 0 spiro atoms. The third kappa shape index (κ3) is 3.93. The van der Waals surface area contributed by atoms with Gasteiger partial charge in [-0.3, -0.25) is 4.79 Å². The number of carbonyl (C=O) groups excluding carboxylic acids is 1. The maximum absolute atomic E-state index is 10.6. The summed E-state index contributed by atoms with van der Waals surface area (Å²) in [4.78, 5) is 10.6. The summed E-state index contributed by atoms with van der Waals surface area (Å²) in [5.74, 6) is -0.325. The molecule has 0 bridgehead atoms. The monoisotopic (exact) mass is 240 g/mol. The number of aliphatic hydroxyl groups is 1. The van der Waals surface area contributed by atoms with E-state index in [9.17, 15) is 9.90 Å². The average Bonchev–Trinajstić information content (AvgIpc) is 2.31. The first-order chi connectivity index (χ1) is 8.04. The largest absolute Gasteiger partial charge is 0.504 e. The lowest BCUT2D eigenvalue weighted by atomic mass is 10.2. The number of primary amides is 1. The van der Waals surface area contributed by atoms with Gasteiger partial charge in [0.05, 0.1) is 7.11 Å². The summed E-state index contributed by atoms with van der Waals surface area (Å²) >= 11 is 0. The maximum Gasteiger partial charge on any atom is 0.247 e. The number of carbonyl (C=O) groups is 1. The van der Waals surface area contributed by atoms with Crippen molar-refractivity contribution in [3.05, 3.63) is 23.8 Å². The van der Waals surface area contributed by atoms with Gasteiger partial charge in [-0.2, -0.15) is 0 Å². The molecule has 0 aliphatic carbocycles. The number of amides is 1. The van der Waals surface area contributed by atoms with Crippen molar-refractivity contribution in [1.82, 2.24) is 5.32 Å². The zero-order valence-electron chi connectivity index (χ0n) is 9.51. The molecule has 0 aliphatic heterocycles. The molecule has 17 heavy (non-hydrogen) atoms. The number of nitrogens with one attached hydrogen (secondary N) is 1. The number of nitrogens with two attached hydrogens (primary N) is 1. The molecule has 1 rings (SSSR count). The molecule has 0 saturated carbocycles. The first-order valence-corrected chi connectivity index (χ1v) is 5.08. The zero-order chi connectivity index (χ0) is 12.8. The summed E-state index contributed by atoms with van der Waals surface area (Å²) in [5, 5.41) is 21.4. The minimum Gasteiger partial charge on any atom is -0.504 e. The van der Waals surface area contributed by atoms with Crippen molar-refractivity contribution in [2.75, 3.05) is 13.7 Å². The number of aromatic hydroxyl groups is 1. The lowest BCUT2D eigenvalue weighted by molar-refractivity contribution is -0.125. The number of aliphatic hydroxyl groups excluding tert-OH is 1. The van der Waals surface area contributed by atoms with Crippen molar-refractivity contribution in [2.24, 2.45) is 5.73 Å². The number of phenols is 1. The molecule has 1 aromatic rings. The Balaban J connectivity index is 2.49. The number of phenolic OH excluding ortho intramolecular Hbond substituents is 1. The van der Waals surface area contributed by atoms with E-state index < -0.39 is 12.0 Å². The van der Waals surface area contributed by atoms with Crippen LogP contribution in [-0.4, -0.2) is 35.9 Å². The molecule has 1 atom stereocenters. The van der Waals surface area contributed by atoms with Gasteiger partial charge in [0.25, 0.3) is 0 Å². The number of rotatable bonds is 6. The lowest BCUT2D eigenvalue weighted by Crippen LogP contribution is -2.37. The zero-order valence-corrected chi connectivity index (χ0v) is 9.51. The van der Waals surface area contributed by atoms with Gasteiger partial charge in [-0.1, -0.05) is 6.07 Å². The minimum atomic E-state index is -1.20. The normalized spacial score (nSPS) is 12.1. The van der Waals surface area contributed by atoms with Gasteiger partial charge in [-0.15, -0.1) is 0 Å². The van der Waals surface area contributed by atoms with Crippen molar-refractivity contribution in [3.8, 4) is 11.5 Å². The van der Waals surface area contributed by atoms with Crippen LogP contribution in [0.1, 0.15) is 5.56 Å². The Morgan fingerprint density at radius 3 is 2.88 bits per heavy atom. The van der Waals surface area contributed by atoms with Gasteiger partial charge < -0.3 is 26.0 Å². The Bertz CT molecular complexity index is 395. The van der Waals surface area contributed by atoms with E-state index in [0.717, 1.165) is 5.56 Å². The van der Waals surface area contributed by atoms with Gasteiger partial charge in [-0.25, -0.2) is 0 Å². The molecular formula is C11H16N2O4. The van der Waals surface area contributed by atoms with E-state index in [4.69, 9.17) is 15.6 Å². The molecule has 0 saturated heterocycles. The molecule has 1 unspecified atom stereocenters. The Morgan fingerprint density at radius 2 is 2.29 bits per heavy atom. The van der Waals surface area contributed by atoms with Gasteiger partial charge in [0.1, 0.15) is 6.10 Å². The highest BCUT2D eigenvalue weighted by atomic mass is 16.5. The fraction of sp³-hybridized carbons (Fsp3) is 0.364. The molecule has 5 N–H and O–H groups in total. The quantitative estimate of drug-likeness (QED) is 0.528. The Morgan fingerprint density at radius 1 is 1.59 bits per heavy atom. The Kier molecular flexibility index (Phi) is 4.74. The van der Waals surface area contributed by atoms with Gasteiger partial charge in [0.2, 0.25) is 5.91 Å². The molecule has 6 nitrogen and oxygen atoms in total. The molecule has 1 aromatic carbocycles. The second-order valence-corrected chi connectivity index (χ2v) is 3.56. The summed E-state index contributed by atoms with van der Waals surface area (Å²) < 4.78 is 4.95. The fourth-order valence-corrected chi connectivity index (χ4v) is 1.29. The summed E-state index contributed by atoms with van der Waals surface area (Å²) in [6, 6.07) is 4.89. The highest BCUT2D eigenvalue weighted by Crippen LogP contribution is 2.25. The topological polar surface area (TPSA) is 105 Å². The number of ether oxygens (including phenoxy) is 1. The SMILES string of the molecule is COc1cc(CNCC(O)C(N)=O)ccc1O. The van der Waals surface area contributed by atoms with E-state index in [1.165, 1.54) is 13.2 Å². The average molecular weight is 240 g/mol. The molecule has 0 fully saturated rings. The number of methoxy groups -OCH3 is 1. The van der Waals surface area contributed by atoms with Crippen LogP contribution in [0.3, 0.4) is 0 Å². The minimum absolute atomic E-state index is 0.0634. The number of hydrogen-bond acceptors (Lipinski definition) is 5. The second kappa shape index (κ2) is 6.07. The first-order valence-electron chi connectivity index (χ1n) is 5.08. The summed E-state index contributed by atoms with van der Waals surface area (Å²) in [7, 11) is 1.46. The van der Waals surface area contributed by atoms with Crippen LogP contribution in [0.5, 0.6) is 11.5 Å². The van der Waals surface area contributed by atoms with Crippen LogP contribution in [0.15, 0.2) is 18.2 Å². The van der Waals surface area contributed by atoms with E-state index in [2.05, 4.69) is 5.32 Å². The maximum atomic E-state index is 10.6. The van der Waals surface area contributed by atoms with Crippen LogP contribution in [0.4, 0.5) is 0 Å². The number of benzene rings is 1. The summed E-state index contributed by atoms with van der Waals surface area (Å²) in [5.41, 5.74) is 5.76. The van der Waals surface area contributed by atoms with Gasteiger partial charge in [0.15, 0.2) is 11.5 Å². The standard InChI is InChI=1S/C11H16N2O4/c1-17-10-4-7(2-3-8(10)14)5-13-6-9(15)11(12)16/h2-4,9,13-15H,5-6H2,1H3,(H2,12,16). The molecule has 6 heteroatoms. The van der Waals surface area contributed by atoms with E-state index in [-0.39, 0.29) is 12.3 Å². The van der Waals surface area contributed by atoms with Crippen LogP contribution < -0.4 is 15.8 Å². The molecule has 0 radical (unpaired) electrons. The van der Waals surface area contributed by atoms with E-state index >= 15 is 0 Å². The van der Waals surface area contributed by atoms with Gasteiger partial charge in [-0.05, 0) is 17.7 Å². The van der Waals surface area contributed by atoms with Crippen molar-refractivity contribution in [2.45, 2.75) is 12.6 Å². The van der Waals surface area contributed by atoms with Crippen molar-refractivity contribution >= 4 is 5.91 Å². The van der Waals surface area contributed by atoms with Crippen LogP contribution in [0, 0.1) is 0 Å². The van der Waals surface area contributed by atoms with E-state index in [1.807, 2.05) is 0 Å². The third-order valence-electron chi connectivity index (χ3n) is 2.24. The summed E-state index contributed by atoms with van der Waals surface area (Å²) in [6.45, 7) is 0.513. The second-order valence-electron chi connectivity index (χ2n) is 3.56. The molecule has 0 aromatic heterocycles. The van der Waals surface area contributed by atoms with Crippen molar-refractivity contribution in [3.63, 3.8) is 0 Å². The fourth-order valence-electron chi connectivity index (χ4n) is 1.29. The lowest BCUT2D eigenvalue weighted by Gasteiger charge is -2.10. The van der Waals surface area contributed by atoms with Gasteiger partial charge in [0, 0.05) is 13.1 Å². The van der Waals surface area contributed by atoms with E-state index in [1.54, 1.807) is 12.1 Å². The van der Waals surface area contributed by atoms with Crippen LogP contribution >= 0.6 is 0 Å². The first kappa shape index (κ1) is 13.3. The predicted octanol–water partition coefficient (Wildman–Crippen LogP) is -0.663. The van der Waals surface area contributed by atoms with Crippen LogP contribution in [0.2, 0.25) is 0 Å². The predicted molar refractivity (Wildman–Crippen MR) is 61.6 cm³/mol. The van der Waals surface area contributed by atoms with E-state index in [0.29, 0.717) is 12.3 Å². The smallest absolute Gasteiger partial charge is 0.247 e. The highest BCUT2D eigenvalue weighted by molar-refractivity contribution is 5.78. The molecular weight excluding hydrogens is 224 g/mol. The molecule has 1 amide bonds. The molecule has 94 valence electrons. The van der Waals surface area contributed by atoms with Crippen LogP contribution in [0.25, 0.3) is 0 Å². The van der Waals surface area contributed by atoms with Crippen LogP contribution in [-0.2, 0) is 11.3 Å². The van der Waals surface area contributed by atoms with Crippen molar-refractivity contribution < 1.29 is 19.7 Å².